The summed E-state index contributed by atoms with van der Waals surface area (Å²) in [5.74, 6) is 6.33. The number of rotatable bonds is 20. The van der Waals surface area contributed by atoms with Gasteiger partial charge in [-0.05, 0) is 128 Å². The Morgan fingerprint density at radius 1 is 0.272 bits per heavy atom. The maximum atomic E-state index is 7.12. The molecule has 0 amide bonds. The molecule has 0 saturated heterocycles. The second-order valence-electron chi connectivity index (χ2n) is 24.9. The van der Waals surface area contributed by atoms with Crippen LogP contribution >= 0.6 is 0 Å². The highest BCUT2D eigenvalue weighted by Crippen LogP contribution is 2.48. The lowest BCUT2D eigenvalue weighted by molar-refractivity contribution is 0.361. The molecule has 2 N–H and O–H groups in total. The molecule has 11 aromatic rings. The Morgan fingerprint density at radius 2 is 0.533 bits per heavy atom. The molecule has 8 bridgehead atoms. The van der Waals surface area contributed by atoms with Gasteiger partial charge in [-0.3, -0.25) is 17.9 Å². The first-order chi connectivity index (χ1) is 44.5. The molecule has 92 heavy (non-hydrogen) atoms. The number of aromatic nitrogens is 8. The smallest absolute Gasteiger partial charge is 0.170 e. The average Bonchev–Trinajstić information content (AvgIpc) is 1.59. The Labute approximate surface area is 538 Å². The van der Waals surface area contributed by atoms with E-state index in [9.17, 15) is 0 Å². The zero-order valence-electron chi connectivity index (χ0n) is 54.9. The Hall–Kier alpha value is -9.84. The van der Waals surface area contributed by atoms with E-state index in [-0.39, 0.29) is 0 Å². The zero-order chi connectivity index (χ0) is 64.1. The van der Waals surface area contributed by atoms with Crippen molar-refractivity contribution >= 4 is 66.9 Å². The number of nitrogens with zero attached hydrogens (tertiary/aromatic N) is 10. The summed E-state index contributed by atoms with van der Waals surface area (Å²) in [6.45, 7) is 25.0. The maximum absolute atomic E-state index is 7.12. The summed E-state index contributed by atoms with van der Waals surface area (Å²) in [5, 5.41) is 3.14. The van der Waals surface area contributed by atoms with Gasteiger partial charge in [0.2, 0.25) is 0 Å². The molecule has 3 aromatic heterocycles. The highest BCUT2D eigenvalue weighted by molar-refractivity contribution is 6.07. The molecule has 8 aromatic carbocycles. The van der Waals surface area contributed by atoms with Gasteiger partial charge in [0.25, 0.3) is 0 Å². The third-order valence-electron chi connectivity index (χ3n) is 20.0. The average molecular weight is 1230 g/mol. The number of hydrogen-bond donors (Lipinski definition) is 2. The number of nitrogens with one attached hydrogen (secondary N) is 2. The number of benzene rings is 8. The van der Waals surface area contributed by atoms with Gasteiger partial charge in [0.05, 0.1) is 80.5 Å². The van der Waals surface area contributed by atoms with Crippen LogP contribution in [0.3, 0.4) is 0 Å². The summed E-state index contributed by atoms with van der Waals surface area (Å²) in [5.41, 5.74) is 9.68. The van der Waals surface area contributed by atoms with E-state index in [0.717, 1.165) is 115 Å². The molecule has 0 aliphatic carbocycles. The maximum Gasteiger partial charge on any atom is 0.170 e. The van der Waals surface area contributed by atoms with E-state index in [1.165, 1.54) is 0 Å². The van der Waals surface area contributed by atoms with Crippen LogP contribution in [0.25, 0.3) is 89.7 Å². The Balaban J connectivity index is 1.10. The van der Waals surface area contributed by atoms with Crippen molar-refractivity contribution in [1.29, 1.82) is 0 Å². The standard InChI is InChI=1S/C76H82N12O4/c1-13-85(9,14-2)49-29-25-33-53(41-49)89-65-45-61-63(47-67(65)91-55-35-27-31-51(43-55)87(11,17-5)18-6)75-82-73(61)80-71-59-39-23-21-37-57(59)69(78-71)77-70-58-38-22-24-40-60(58)72(79-70)81-74-62-46-66(90-54-34-26-30-50(42-54)86(10,15-3)16-4)68(48-64(62)76(83-74)84-75)92-56-36-28-32-52(44-56)88(12,19-7)20-8/h21-48H,13-20H2,1-12H3,(H2,77,78,79,80,81,82,83,84)/q+4. The van der Waals surface area contributed by atoms with Crippen LogP contribution in [-0.2, 0) is 0 Å². The zero-order valence-corrected chi connectivity index (χ0v) is 54.9. The van der Waals surface area contributed by atoms with Gasteiger partial charge in [0.1, 0.15) is 68.3 Å². The largest absolute Gasteiger partial charge is 0.453 e. The minimum absolute atomic E-state index is 0.379. The topological polar surface area (TPSA) is 146 Å². The van der Waals surface area contributed by atoms with Crippen LogP contribution in [-0.4, -0.2) is 120 Å². The van der Waals surface area contributed by atoms with E-state index in [2.05, 4.69) is 166 Å². The van der Waals surface area contributed by atoms with Gasteiger partial charge in [-0.15, -0.1) is 0 Å². The van der Waals surface area contributed by atoms with Gasteiger partial charge < -0.3 is 28.9 Å². The molecule has 0 spiro atoms. The van der Waals surface area contributed by atoms with Gasteiger partial charge in [0, 0.05) is 68.1 Å². The van der Waals surface area contributed by atoms with Crippen molar-refractivity contribution < 1.29 is 18.9 Å². The van der Waals surface area contributed by atoms with E-state index in [0.29, 0.717) is 114 Å². The number of ether oxygens (including phenoxy) is 4. The molecule has 16 heteroatoms. The van der Waals surface area contributed by atoms with Crippen LogP contribution in [0.1, 0.15) is 55.4 Å². The molecule has 13 rings (SSSR count). The van der Waals surface area contributed by atoms with Crippen LogP contribution in [0.4, 0.5) is 22.7 Å². The van der Waals surface area contributed by atoms with E-state index in [4.69, 9.17) is 48.9 Å². The first kappa shape index (κ1) is 61.0. The number of quaternary nitrogens is 4. The van der Waals surface area contributed by atoms with Crippen LogP contribution in [0, 0.1) is 0 Å². The van der Waals surface area contributed by atoms with Crippen molar-refractivity contribution in [3.63, 3.8) is 0 Å². The van der Waals surface area contributed by atoms with Crippen LogP contribution in [0.5, 0.6) is 46.0 Å². The molecule has 0 unspecified atom stereocenters. The van der Waals surface area contributed by atoms with Gasteiger partial charge in [-0.2, -0.15) is 0 Å². The molecule has 0 radical (unpaired) electrons. The fourth-order valence-electron chi connectivity index (χ4n) is 12.4. The molecule has 0 atom stereocenters. The van der Waals surface area contributed by atoms with Gasteiger partial charge in [-0.25, -0.2) is 29.9 Å². The molecule has 16 nitrogen and oxygen atoms in total. The van der Waals surface area contributed by atoms with Gasteiger partial charge in [0.15, 0.2) is 46.3 Å². The molecule has 466 valence electrons. The van der Waals surface area contributed by atoms with Crippen LogP contribution in [0.2, 0.25) is 0 Å². The number of fused-ring (bicyclic) bond motifs is 20. The summed E-state index contributed by atoms with van der Waals surface area (Å²) < 4.78 is 31.4. The monoisotopic (exact) mass is 1230 g/mol. The predicted molar refractivity (Wildman–Crippen MR) is 377 cm³/mol. The first-order valence-corrected chi connectivity index (χ1v) is 32.4. The van der Waals surface area contributed by atoms with Crippen molar-refractivity contribution in [3.05, 3.63) is 170 Å². The number of H-pyrrole nitrogens is 2. The summed E-state index contributed by atoms with van der Waals surface area (Å²) in [6, 6.07) is 57.5. The first-order valence-electron chi connectivity index (χ1n) is 32.4. The SMILES string of the molecule is CC[N+](C)(CC)c1cccc(Oc2cc3c(cc2Oc2cccc([N+](C)(CC)CC)c2)-c2nc-3nc3[nH]c(nc4nc(nc5[nH]c(n2)c2cc(Oc6cccc([N+](C)(CC)CC)c6)c(Oc6cccc([N+](C)(CC)CC)c6)cc52)-c2ccccc2-4)c2ccccc32)c1. The summed E-state index contributed by atoms with van der Waals surface area (Å²) in [6.07, 6.45) is 0. The molecule has 0 saturated carbocycles. The van der Waals surface area contributed by atoms with Crippen molar-refractivity contribution in [3.8, 4) is 91.5 Å². The fourth-order valence-corrected chi connectivity index (χ4v) is 12.4. The van der Waals surface area contributed by atoms with E-state index < -0.39 is 0 Å². The molecule has 5 heterocycles. The normalized spacial score (nSPS) is 12.5. The highest BCUT2D eigenvalue weighted by atomic mass is 16.5. The summed E-state index contributed by atoms with van der Waals surface area (Å²) in [4.78, 5) is 39.7. The second-order valence-corrected chi connectivity index (χ2v) is 24.9. The Bertz CT molecular complexity index is 4810. The lowest BCUT2D eigenvalue weighted by atomic mass is 10.1. The number of hydrogen-bond acceptors (Lipinski definition) is 10. The van der Waals surface area contributed by atoms with Gasteiger partial charge in [-0.1, -0.05) is 72.8 Å². The summed E-state index contributed by atoms with van der Waals surface area (Å²) in [7, 11) is 8.98. The van der Waals surface area contributed by atoms with Crippen molar-refractivity contribution in [2.45, 2.75) is 55.4 Å². The van der Waals surface area contributed by atoms with Crippen molar-refractivity contribution in [2.24, 2.45) is 0 Å². The van der Waals surface area contributed by atoms with Crippen molar-refractivity contribution in [2.75, 3.05) is 80.5 Å². The minimum atomic E-state index is 0.379. The minimum Gasteiger partial charge on any atom is -0.453 e. The Morgan fingerprint density at radius 3 is 0.826 bits per heavy atom. The quantitative estimate of drug-likeness (QED) is 0.0707. The molecule has 2 aliphatic rings. The van der Waals surface area contributed by atoms with Crippen LogP contribution in [0.15, 0.2) is 170 Å². The second kappa shape index (κ2) is 24.4. The van der Waals surface area contributed by atoms with Crippen molar-refractivity contribution in [1.82, 2.24) is 57.8 Å². The third-order valence-corrected chi connectivity index (χ3v) is 20.0. The highest BCUT2D eigenvalue weighted by Gasteiger charge is 2.30. The Kier molecular flexibility index (Phi) is 16.2. The molecule has 0 fully saturated rings. The molecular formula is C76H82N12O4+4. The predicted octanol–water partition coefficient (Wildman–Crippen LogP) is 17.9. The van der Waals surface area contributed by atoms with E-state index in [1.807, 2.05) is 97.1 Å². The lowest BCUT2D eigenvalue weighted by Crippen LogP contribution is -2.44. The molecule has 2 aliphatic heterocycles. The fraction of sp³-hybridized carbons (Fsp3) is 0.263. The van der Waals surface area contributed by atoms with E-state index in [1.54, 1.807) is 0 Å². The number of aromatic amines is 2. The third kappa shape index (κ3) is 11.2. The van der Waals surface area contributed by atoms with E-state index >= 15 is 0 Å². The molecular weight excluding hydrogens is 1140 g/mol. The lowest BCUT2D eigenvalue weighted by Gasteiger charge is -2.32. The summed E-state index contributed by atoms with van der Waals surface area (Å²) >= 11 is 0. The van der Waals surface area contributed by atoms with Crippen LogP contribution < -0.4 is 36.9 Å². The van der Waals surface area contributed by atoms with Gasteiger partial charge >= 0.3 is 0 Å².